The average Bonchev–Trinajstić information content (AvgIpc) is 2.44. The van der Waals surface area contributed by atoms with Crippen molar-refractivity contribution in [2.75, 3.05) is 19.6 Å². The van der Waals surface area contributed by atoms with Crippen LogP contribution in [0.2, 0.25) is 0 Å². The monoisotopic (exact) mass is 341 g/mol. The Hall–Kier alpha value is -1.89. The molecule has 0 saturated carbocycles. The van der Waals surface area contributed by atoms with E-state index in [1.54, 1.807) is 12.1 Å². The van der Waals surface area contributed by atoms with Crippen molar-refractivity contribution in [2.24, 2.45) is 0 Å². The van der Waals surface area contributed by atoms with Gasteiger partial charge in [-0.3, -0.25) is 0 Å². The number of thiocarbonyl (C=S) groups is 1. The standard InChI is InChI=1S/C16H24FN3O2S/c1-16(2,3)22-15(21)20-11-10-19-14(23)18-9-8-12-4-6-13(17)7-5-12/h4-7H,8-11H2,1-3H3,(H,20,21)(H2,18,19,23). The summed E-state index contributed by atoms with van der Waals surface area (Å²) in [7, 11) is 0. The highest BCUT2D eigenvalue weighted by atomic mass is 32.1. The lowest BCUT2D eigenvalue weighted by Gasteiger charge is -2.19. The molecule has 0 aliphatic carbocycles. The number of ether oxygens (including phenoxy) is 1. The van der Waals surface area contributed by atoms with Crippen LogP contribution in [0.3, 0.4) is 0 Å². The predicted molar refractivity (Wildman–Crippen MR) is 92.9 cm³/mol. The maximum atomic E-state index is 12.8. The Morgan fingerprint density at radius 1 is 1.09 bits per heavy atom. The molecular formula is C16H24FN3O2S. The molecule has 0 bridgehead atoms. The van der Waals surface area contributed by atoms with Gasteiger partial charge in [0.05, 0.1) is 0 Å². The van der Waals surface area contributed by atoms with Crippen molar-refractivity contribution in [1.82, 2.24) is 16.0 Å². The van der Waals surface area contributed by atoms with Gasteiger partial charge in [-0.15, -0.1) is 0 Å². The van der Waals surface area contributed by atoms with Crippen LogP contribution >= 0.6 is 12.2 Å². The third-order valence-corrected chi connectivity index (χ3v) is 2.98. The molecule has 0 aliphatic rings. The number of halogens is 1. The number of hydrogen-bond donors (Lipinski definition) is 3. The fraction of sp³-hybridized carbons (Fsp3) is 0.500. The summed E-state index contributed by atoms with van der Waals surface area (Å²) in [5.41, 5.74) is 0.530. The van der Waals surface area contributed by atoms with Gasteiger partial charge in [-0.2, -0.15) is 0 Å². The van der Waals surface area contributed by atoms with E-state index in [9.17, 15) is 9.18 Å². The van der Waals surface area contributed by atoms with E-state index in [1.165, 1.54) is 12.1 Å². The summed E-state index contributed by atoms with van der Waals surface area (Å²) in [6, 6.07) is 6.37. The van der Waals surface area contributed by atoms with Crippen LogP contribution in [0.1, 0.15) is 26.3 Å². The molecule has 0 fully saturated rings. The molecule has 1 aromatic carbocycles. The molecule has 1 amide bonds. The molecule has 1 rings (SSSR count). The van der Waals surface area contributed by atoms with Crippen LogP contribution in [0.5, 0.6) is 0 Å². The van der Waals surface area contributed by atoms with E-state index in [-0.39, 0.29) is 5.82 Å². The van der Waals surface area contributed by atoms with Crippen molar-refractivity contribution in [3.05, 3.63) is 35.6 Å². The first kappa shape index (κ1) is 19.2. The molecule has 7 heteroatoms. The zero-order valence-corrected chi connectivity index (χ0v) is 14.6. The molecule has 0 atom stereocenters. The summed E-state index contributed by atoms with van der Waals surface area (Å²) in [5, 5.41) is 9.19. The molecule has 23 heavy (non-hydrogen) atoms. The fourth-order valence-electron chi connectivity index (χ4n) is 1.69. The third kappa shape index (κ3) is 9.67. The maximum absolute atomic E-state index is 12.8. The Labute approximate surface area is 142 Å². The van der Waals surface area contributed by atoms with Crippen LogP contribution in [0.25, 0.3) is 0 Å². The molecule has 0 unspecified atom stereocenters. The van der Waals surface area contributed by atoms with E-state index in [4.69, 9.17) is 17.0 Å². The van der Waals surface area contributed by atoms with Crippen molar-refractivity contribution in [3.63, 3.8) is 0 Å². The summed E-state index contributed by atoms with van der Waals surface area (Å²) in [5.74, 6) is -0.239. The van der Waals surface area contributed by atoms with E-state index >= 15 is 0 Å². The minimum absolute atomic E-state index is 0.239. The van der Waals surface area contributed by atoms with Gasteiger partial charge < -0.3 is 20.7 Å². The van der Waals surface area contributed by atoms with Gasteiger partial charge in [0.25, 0.3) is 0 Å². The van der Waals surface area contributed by atoms with Crippen LogP contribution in [-0.4, -0.2) is 36.4 Å². The van der Waals surface area contributed by atoms with Gasteiger partial charge in [0.15, 0.2) is 5.11 Å². The zero-order valence-electron chi connectivity index (χ0n) is 13.7. The lowest BCUT2D eigenvalue weighted by atomic mass is 10.1. The van der Waals surface area contributed by atoms with Crippen molar-refractivity contribution in [2.45, 2.75) is 32.8 Å². The fourth-order valence-corrected chi connectivity index (χ4v) is 1.89. The van der Waals surface area contributed by atoms with Gasteiger partial charge in [-0.1, -0.05) is 12.1 Å². The van der Waals surface area contributed by atoms with Gasteiger partial charge >= 0.3 is 6.09 Å². The number of carbonyl (C=O) groups excluding carboxylic acids is 1. The van der Waals surface area contributed by atoms with E-state index in [0.29, 0.717) is 24.7 Å². The van der Waals surface area contributed by atoms with Crippen LogP contribution in [-0.2, 0) is 11.2 Å². The zero-order chi connectivity index (χ0) is 17.3. The number of benzene rings is 1. The first-order valence-electron chi connectivity index (χ1n) is 7.49. The highest BCUT2D eigenvalue weighted by molar-refractivity contribution is 7.80. The van der Waals surface area contributed by atoms with Crippen LogP contribution < -0.4 is 16.0 Å². The first-order chi connectivity index (χ1) is 10.8. The normalized spacial score (nSPS) is 10.8. The number of rotatable bonds is 6. The molecule has 0 saturated heterocycles. The Morgan fingerprint density at radius 2 is 1.65 bits per heavy atom. The second kappa shape index (κ2) is 9.29. The van der Waals surface area contributed by atoms with E-state index in [1.807, 2.05) is 20.8 Å². The summed E-state index contributed by atoms with van der Waals surface area (Å²) in [6.45, 7) is 6.99. The first-order valence-corrected chi connectivity index (χ1v) is 7.90. The van der Waals surface area contributed by atoms with Gasteiger partial charge in [-0.25, -0.2) is 9.18 Å². The minimum atomic E-state index is -0.505. The molecule has 0 radical (unpaired) electrons. The molecule has 0 spiro atoms. The largest absolute Gasteiger partial charge is 0.444 e. The van der Waals surface area contributed by atoms with Crippen LogP contribution in [0.4, 0.5) is 9.18 Å². The molecule has 1 aromatic rings. The summed E-state index contributed by atoms with van der Waals surface area (Å²) < 4.78 is 17.9. The van der Waals surface area contributed by atoms with E-state index in [2.05, 4.69) is 16.0 Å². The van der Waals surface area contributed by atoms with Gasteiger partial charge in [0.1, 0.15) is 11.4 Å². The lowest BCUT2D eigenvalue weighted by Crippen LogP contribution is -2.41. The number of nitrogens with one attached hydrogen (secondary N) is 3. The van der Waals surface area contributed by atoms with E-state index < -0.39 is 11.7 Å². The topological polar surface area (TPSA) is 62.4 Å². The Bertz CT molecular complexity index is 515. The SMILES string of the molecule is CC(C)(C)OC(=O)NCCNC(=S)NCCc1ccc(F)cc1. The van der Waals surface area contributed by atoms with Crippen molar-refractivity contribution in [3.8, 4) is 0 Å². The second-order valence-corrected chi connectivity index (χ2v) is 6.40. The van der Waals surface area contributed by atoms with Gasteiger partial charge in [-0.05, 0) is 57.1 Å². The average molecular weight is 341 g/mol. The summed E-state index contributed by atoms with van der Waals surface area (Å²) in [6.07, 6.45) is 0.299. The highest BCUT2D eigenvalue weighted by Gasteiger charge is 2.15. The molecular weight excluding hydrogens is 317 g/mol. The number of carbonyl (C=O) groups is 1. The predicted octanol–water partition coefficient (Wildman–Crippen LogP) is 2.36. The summed E-state index contributed by atoms with van der Waals surface area (Å²) in [4.78, 5) is 11.4. The van der Waals surface area contributed by atoms with Crippen molar-refractivity contribution in [1.29, 1.82) is 0 Å². The van der Waals surface area contributed by atoms with Crippen LogP contribution in [0, 0.1) is 5.82 Å². The Morgan fingerprint density at radius 3 is 2.26 bits per heavy atom. The molecule has 128 valence electrons. The molecule has 3 N–H and O–H groups in total. The maximum Gasteiger partial charge on any atom is 0.407 e. The van der Waals surface area contributed by atoms with Crippen LogP contribution in [0.15, 0.2) is 24.3 Å². The Kier molecular flexibility index (Phi) is 7.74. The number of amides is 1. The highest BCUT2D eigenvalue weighted by Crippen LogP contribution is 2.06. The quantitative estimate of drug-likeness (QED) is 0.548. The van der Waals surface area contributed by atoms with Crippen molar-refractivity contribution >= 4 is 23.4 Å². The van der Waals surface area contributed by atoms with Gasteiger partial charge in [0, 0.05) is 19.6 Å². The minimum Gasteiger partial charge on any atom is -0.444 e. The Balaban J connectivity index is 2.08. The van der Waals surface area contributed by atoms with Crippen molar-refractivity contribution < 1.29 is 13.9 Å². The molecule has 0 heterocycles. The summed E-state index contributed by atoms with van der Waals surface area (Å²) >= 11 is 5.13. The second-order valence-electron chi connectivity index (χ2n) is 5.99. The molecule has 0 aromatic heterocycles. The number of alkyl carbamates (subject to hydrolysis) is 1. The van der Waals surface area contributed by atoms with Gasteiger partial charge in [0.2, 0.25) is 0 Å². The van der Waals surface area contributed by atoms with E-state index in [0.717, 1.165) is 12.0 Å². The molecule has 0 aliphatic heterocycles. The lowest BCUT2D eigenvalue weighted by molar-refractivity contribution is 0.0529. The third-order valence-electron chi connectivity index (χ3n) is 2.69. The smallest absolute Gasteiger partial charge is 0.407 e. The number of hydrogen-bond acceptors (Lipinski definition) is 3. The molecule has 5 nitrogen and oxygen atoms in total.